The van der Waals surface area contributed by atoms with Gasteiger partial charge < -0.3 is 21.7 Å². The molecule has 3 aromatic rings. The van der Waals surface area contributed by atoms with E-state index in [9.17, 15) is 8.78 Å². The zero-order valence-electron chi connectivity index (χ0n) is 24.2. The molecule has 0 spiro atoms. The summed E-state index contributed by atoms with van der Waals surface area (Å²) < 4.78 is 29.1. The van der Waals surface area contributed by atoms with Gasteiger partial charge in [0.05, 0.1) is 12.1 Å². The fourth-order valence-corrected chi connectivity index (χ4v) is 5.31. The van der Waals surface area contributed by atoms with Gasteiger partial charge in [-0.15, -0.1) is 0 Å². The fourth-order valence-electron chi connectivity index (χ4n) is 5.31. The van der Waals surface area contributed by atoms with Crippen LogP contribution in [0.25, 0.3) is 0 Å². The van der Waals surface area contributed by atoms with Crippen molar-refractivity contribution in [1.29, 1.82) is 0 Å². The third kappa shape index (κ3) is 7.85. The number of halogens is 2. The van der Waals surface area contributed by atoms with E-state index >= 15 is 0 Å². The van der Waals surface area contributed by atoms with Crippen molar-refractivity contribution in [3.05, 3.63) is 144 Å². The summed E-state index contributed by atoms with van der Waals surface area (Å²) in [5, 5.41) is 9.54. The van der Waals surface area contributed by atoms with Crippen molar-refractivity contribution < 1.29 is 8.78 Å². The number of nitrogens with one attached hydrogen (secondary N) is 3. The maximum absolute atomic E-state index is 14.6. The highest BCUT2D eigenvalue weighted by molar-refractivity contribution is 5.78. The summed E-state index contributed by atoms with van der Waals surface area (Å²) >= 11 is 0. The Balaban J connectivity index is 1.53. The zero-order chi connectivity index (χ0) is 30.1. The fraction of sp³-hybridized carbons (Fsp3) is 0.265. The molecule has 2 unspecified atom stereocenters. The highest BCUT2D eigenvalue weighted by Crippen LogP contribution is 2.35. The van der Waals surface area contributed by atoms with Crippen LogP contribution >= 0.6 is 0 Å². The van der Waals surface area contributed by atoms with E-state index in [0.29, 0.717) is 36.6 Å². The summed E-state index contributed by atoms with van der Waals surface area (Å²) in [6, 6.07) is 21.0. The van der Waals surface area contributed by atoms with Crippen LogP contribution in [0, 0.1) is 18.6 Å². The topological polar surface area (TPSA) is 77.7 Å². The molecule has 5 N–H and O–H groups in total. The van der Waals surface area contributed by atoms with Gasteiger partial charge in [0.2, 0.25) is 0 Å². The molecule has 0 amide bonds. The predicted octanol–water partition coefficient (Wildman–Crippen LogP) is 5.93. The van der Waals surface area contributed by atoms with E-state index in [2.05, 4.69) is 82.0 Å². The summed E-state index contributed by atoms with van der Waals surface area (Å²) in [5.74, 6) is -0.878. The molecule has 1 heterocycles. The normalized spacial score (nSPS) is 14.5. The van der Waals surface area contributed by atoms with Crippen LogP contribution < -0.4 is 21.7 Å². The number of aliphatic imine (C=N–C) groups is 1. The van der Waals surface area contributed by atoms with Gasteiger partial charge in [-0.2, -0.15) is 0 Å². The molecule has 0 saturated carbocycles. The van der Waals surface area contributed by atoms with E-state index in [1.54, 1.807) is 6.92 Å². The average molecular weight is 571 g/mol. The molecule has 6 nitrogen and oxygen atoms in total. The number of fused-ring (bicyclic) bond motifs is 1. The monoisotopic (exact) mass is 570 g/mol. The first-order valence-electron chi connectivity index (χ1n) is 14.1. The van der Waals surface area contributed by atoms with Gasteiger partial charge in [-0.1, -0.05) is 74.3 Å². The first-order chi connectivity index (χ1) is 20.3. The first-order valence-corrected chi connectivity index (χ1v) is 14.1. The molecule has 0 bridgehead atoms. The highest BCUT2D eigenvalue weighted by Gasteiger charge is 2.30. The second-order valence-electron chi connectivity index (χ2n) is 10.6. The lowest BCUT2D eigenvalue weighted by Crippen LogP contribution is -2.40. The molecule has 4 rings (SSSR count). The molecule has 220 valence electrons. The number of hydrogen-bond donors (Lipinski definition) is 4. The third-order valence-corrected chi connectivity index (χ3v) is 7.42. The SMILES string of the molecule is C=CNC(N)=NCCCC(NC(=C)C(c1ccccc1)N1Cc2ccccc2C1)C(=C)NCc1c(F)cc(C)cc1F. The maximum Gasteiger partial charge on any atom is 0.192 e. The standard InChI is InChI=1S/C34H40F2N6/c1-5-38-34(37)39-17-11-16-32(24(3)40-20-29-30(35)18-23(2)19-31(29)36)41-25(4)33(26-12-7-6-8-13-26)42-21-27-14-9-10-15-28(27)22-42/h5-10,12-15,18-19,32-33,40-41H,1,3-4,11,16-17,20-22H2,2H3,(H3,37,38,39). The van der Waals surface area contributed by atoms with Gasteiger partial charge in [0.1, 0.15) is 11.6 Å². The molecule has 42 heavy (non-hydrogen) atoms. The van der Waals surface area contributed by atoms with Gasteiger partial charge in [0.15, 0.2) is 5.96 Å². The van der Waals surface area contributed by atoms with Gasteiger partial charge in [-0.25, -0.2) is 8.78 Å². The van der Waals surface area contributed by atoms with E-state index in [0.717, 1.165) is 24.4 Å². The number of guanidine groups is 1. The molecular formula is C34H40F2N6. The van der Waals surface area contributed by atoms with Crippen molar-refractivity contribution in [2.24, 2.45) is 10.7 Å². The van der Waals surface area contributed by atoms with Gasteiger partial charge in [-0.3, -0.25) is 9.89 Å². The predicted molar refractivity (Wildman–Crippen MR) is 167 cm³/mol. The Bertz CT molecular complexity index is 1390. The average Bonchev–Trinajstić information content (AvgIpc) is 3.38. The molecule has 0 aromatic heterocycles. The molecule has 0 fully saturated rings. The van der Waals surface area contributed by atoms with Crippen LogP contribution in [0.2, 0.25) is 0 Å². The number of aryl methyl sites for hydroxylation is 1. The Morgan fingerprint density at radius 1 is 1.00 bits per heavy atom. The van der Waals surface area contributed by atoms with Crippen LogP contribution in [0.15, 0.2) is 109 Å². The van der Waals surface area contributed by atoms with Crippen LogP contribution in [-0.4, -0.2) is 23.4 Å². The smallest absolute Gasteiger partial charge is 0.192 e. The first kappa shape index (κ1) is 30.5. The maximum atomic E-state index is 14.6. The van der Waals surface area contributed by atoms with Crippen LogP contribution in [0.3, 0.4) is 0 Å². The third-order valence-electron chi connectivity index (χ3n) is 7.42. The summed E-state index contributed by atoms with van der Waals surface area (Å²) in [5.41, 5.74) is 11.5. The minimum atomic E-state index is -0.584. The molecular weight excluding hydrogens is 530 g/mol. The lowest BCUT2D eigenvalue weighted by Gasteiger charge is -2.33. The highest BCUT2D eigenvalue weighted by atomic mass is 19.1. The molecule has 1 aliphatic rings. The van der Waals surface area contributed by atoms with Crippen molar-refractivity contribution in [2.45, 2.75) is 51.5 Å². The Morgan fingerprint density at radius 2 is 1.62 bits per heavy atom. The van der Waals surface area contributed by atoms with E-state index in [1.165, 1.54) is 29.5 Å². The molecule has 2 atom stereocenters. The second-order valence-corrected chi connectivity index (χ2v) is 10.6. The van der Waals surface area contributed by atoms with Crippen LogP contribution in [0.4, 0.5) is 8.78 Å². The zero-order valence-corrected chi connectivity index (χ0v) is 24.2. The number of rotatable bonds is 14. The van der Waals surface area contributed by atoms with Gasteiger partial charge in [0.25, 0.3) is 0 Å². The number of nitrogens with two attached hydrogens (primary N) is 1. The van der Waals surface area contributed by atoms with E-state index in [1.807, 2.05) is 18.2 Å². The van der Waals surface area contributed by atoms with Crippen LogP contribution in [-0.2, 0) is 19.6 Å². The van der Waals surface area contributed by atoms with Gasteiger partial charge in [0, 0.05) is 43.1 Å². The van der Waals surface area contributed by atoms with Crippen molar-refractivity contribution >= 4 is 5.96 Å². The summed E-state index contributed by atoms with van der Waals surface area (Å²) in [6.07, 6.45) is 2.79. The minimum Gasteiger partial charge on any atom is -0.383 e. The van der Waals surface area contributed by atoms with Gasteiger partial charge in [-0.05, 0) is 60.4 Å². The van der Waals surface area contributed by atoms with Crippen molar-refractivity contribution in [2.75, 3.05) is 6.54 Å². The van der Waals surface area contributed by atoms with Crippen LogP contribution in [0.5, 0.6) is 0 Å². The Kier molecular flexibility index (Phi) is 10.5. The lowest BCUT2D eigenvalue weighted by atomic mass is 10.0. The molecule has 8 heteroatoms. The minimum absolute atomic E-state index is 0.0239. The van der Waals surface area contributed by atoms with Crippen molar-refractivity contribution in [1.82, 2.24) is 20.9 Å². The Morgan fingerprint density at radius 3 is 2.24 bits per heavy atom. The number of hydrogen-bond acceptors (Lipinski definition) is 4. The number of benzene rings is 3. The summed E-state index contributed by atoms with van der Waals surface area (Å²) in [4.78, 5) is 6.72. The molecule has 1 aliphatic heterocycles. The second kappa shape index (κ2) is 14.5. The van der Waals surface area contributed by atoms with Crippen molar-refractivity contribution in [3.63, 3.8) is 0 Å². The van der Waals surface area contributed by atoms with E-state index in [4.69, 9.17) is 5.73 Å². The number of nitrogens with zero attached hydrogens (tertiary/aromatic N) is 2. The Labute approximate surface area is 247 Å². The molecule has 3 aromatic carbocycles. The molecule has 0 radical (unpaired) electrons. The lowest BCUT2D eigenvalue weighted by molar-refractivity contribution is 0.218. The summed E-state index contributed by atoms with van der Waals surface area (Å²) in [6.45, 7) is 16.0. The van der Waals surface area contributed by atoms with Gasteiger partial charge >= 0.3 is 0 Å². The quantitative estimate of drug-likeness (QED) is 0.110. The molecule has 0 saturated heterocycles. The van der Waals surface area contributed by atoms with Crippen molar-refractivity contribution in [3.8, 4) is 0 Å². The van der Waals surface area contributed by atoms with E-state index < -0.39 is 11.6 Å². The molecule has 0 aliphatic carbocycles. The Hall–Kier alpha value is -4.43. The van der Waals surface area contributed by atoms with E-state index in [-0.39, 0.29) is 24.2 Å². The summed E-state index contributed by atoms with van der Waals surface area (Å²) in [7, 11) is 0. The van der Waals surface area contributed by atoms with Crippen LogP contribution in [0.1, 0.15) is 46.7 Å². The largest absolute Gasteiger partial charge is 0.383 e.